The summed E-state index contributed by atoms with van der Waals surface area (Å²) in [4.78, 5) is 27.8. The maximum Gasteiger partial charge on any atom is 0.408 e. The van der Waals surface area contributed by atoms with Gasteiger partial charge in [0.1, 0.15) is 23.5 Å². The van der Waals surface area contributed by atoms with Gasteiger partial charge in [-0.25, -0.2) is 4.79 Å². The fraction of sp³-hybridized carbons (Fsp3) is 0.467. The van der Waals surface area contributed by atoms with Crippen LogP contribution in [0.15, 0.2) is 60.7 Å². The van der Waals surface area contributed by atoms with Crippen molar-refractivity contribution in [2.24, 2.45) is 0 Å². The Bertz CT molecular complexity index is 1140. The van der Waals surface area contributed by atoms with Crippen LogP contribution < -0.4 is 10.1 Å². The molecule has 1 saturated heterocycles. The standard InChI is InChI=1S/C30H38N2O6/c1-20(2)27(31-29(35)38-25-9-5-6-10-25)28(34)32-19-30(37-4,17-24(32)18-33)23-14-12-21(13-15-23)22-8-7-11-26(16-22)36-3/h7-8,11-16,24-25,27,33H,1,5-6,9-10,17-19H2,2-4H3,(H,31,35)/t24-,27-,30-/m0/s1. The van der Waals surface area contributed by atoms with Crippen LogP contribution in [0.1, 0.15) is 44.6 Å². The fourth-order valence-electron chi connectivity index (χ4n) is 5.50. The molecule has 0 unspecified atom stereocenters. The van der Waals surface area contributed by atoms with Crippen LogP contribution in [0.5, 0.6) is 5.75 Å². The van der Waals surface area contributed by atoms with Crippen molar-refractivity contribution < 1.29 is 28.9 Å². The Kier molecular flexibility index (Phi) is 8.74. The van der Waals surface area contributed by atoms with Crippen LogP contribution >= 0.6 is 0 Å². The highest BCUT2D eigenvalue weighted by Crippen LogP contribution is 2.40. The predicted molar refractivity (Wildman–Crippen MR) is 145 cm³/mol. The fourth-order valence-corrected chi connectivity index (χ4v) is 5.50. The zero-order chi connectivity index (χ0) is 27.3. The van der Waals surface area contributed by atoms with Gasteiger partial charge in [-0.05, 0) is 67.0 Å². The van der Waals surface area contributed by atoms with Crippen molar-refractivity contribution in [1.29, 1.82) is 0 Å². The lowest BCUT2D eigenvalue weighted by molar-refractivity contribution is -0.135. The number of ether oxygens (including phenoxy) is 3. The van der Waals surface area contributed by atoms with Gasteiger partial charge in [0, 0.05) is 13.5 Å². The lowest BCUT2D eigenvalue weighted by Gasteiger charge is -2.30. The number of aliphatic hydroxyl groups excluding tert-OH is 1. The van der Waals surface area contributed by atoms with Gasteiger partial charge in [0.25, 0.3) is 0 Å². The van der Waals surface area contributed by atoms with Gasteiger partial charge in [-0.15, -0.1) is 0 Å². The van der Waals surface area contributed by atoms with Crippen LogP contribution in [0.4, 0.5) is 4.79 Å². The van der Waals surface area contributed by atoms with E-state index in [0.29, 0.717) is 12.0 Å². The highest BCUT2D eigenvalue weighted by Gasteiger charge is 2.48. The molecule has 2 fully saturated rings. The van der Waals surface area contributed by atoms with E-state index < -0.39 is 23.8 Å². The zero-order valence-electron chi connectivity index (χ0n) is 22.4. The van der Waals surface area contributed by atoms with Gasteiger partial charge < -0.3 is 29.5 Å². The molecular formula is C30H38N2O6. The molecule has 2 aliphatic rings. The van der Waals surface area contributed by atoms with Crippen LogP contribution in [-0.4, -0.2) is 67.6 Å². The van der Waals surface area contributed by atoms with E-state index in [-0.39, 0.29) is 25.2 Å². The largest absolute Gasteiger partial charge is 0.497 e. The average Bonchev–Trinajstić information content (AvgIpc) is 3.59. The maximum absolute atomic E-state index is 13.7. The SMILES string of the molecule is C=C(C)[C@H](NC(=O)OC1CCCC1)C(=O)N1C[C@](OC)(c2ccc(-c3cccc(OC)c3)cc2)C[C@H]1CO. The zero-order valence-corrected chi connectivity index (χ0v) is 22.4. The number of amides is 2. The minimum Gasteiger partial charge on any atom is -0.497 e. The quantitative estimate of drug-likeness (QED) is 0.474. The van der Waals surface area contributed by atoms with Gasteiger partial charge in [0.15, 0.2) is 0 Å². The first-order valence-electron chi connectivity index (χ1n) is 13.1. The molecule has 204 valence electrons. The Morgan fingerprint density at radius 2 is 1.84 bits per heavy atom. The van der Waals surface area contributed by atoms with Gasteiger partial charge in [-0.3, -0.25) is 4.79 Å². The highest BCUT2D eigenvalue weighted by molar-refractivity contribution is 5.89. The second-order valence-corrected chi connectivity index (χ2v) is 10.2. The molecule has 8 nitrogen and oxygen atoms in total. The molecule has 1 aliphatic carbocycles. The number of likely N-dealkylation sites (tertiary alicyclic amines) is 1. The van der Waals surface area contributed by atoms with E-state index in [9.17, 15) is 14.7 Å². The van der Waals surface area contributed by atoms with Crippen molar-refractivity contribution in [3.05, 3.63) is 66.2 Å². The summed E-state index contributed by atoms with van der Waals surface area (Å²) in [5.74, 6) is 0.440. The average molecular weight is 523 g/mol. The molecule has 4 rings (SSSR count). The van der Waals surface area contributed by atoms with Gasteiger partial charge in [0.05, 0.1) is 26.3 Å². The summed E-state index contributed by atoms with van der Waals surface area (Å²) in [5, 5.41) is 12.9. The van der Waals surface area contributed by atoms with Crippen molar-refractivity contribution in [3.8, 4) is 16.9 Å². The topological polar surface area (TPSA) is 97.3 Å². The minimum atomic E-state index is -0.957. The number of carbonyl (C=O) groups is 2. The molecule has 1 aliphatic heterocycles. The molecule has 0 aromatic heterocycles. The van der Waals surface area contributed by atoms with E-state index in [1.54, 1.807) is 26.0 Å². The second-order valence-electron chi connectivity index (χ2n) is 10.2. The van der Waals surface area contributed by atoms with Crippen molar-refractivity contribution in [3.63, 3.8) is 0 Å². The van der Waals surface area contributed by atoms with Crippen LogP contribution in [0.2, 0.25) is 0 Å². The monoisotopic (exact) mass is 522 g/mol. The molecule has 38 heavy (non-hydrogen) atoms. The third-order valence-corrected chi connectivity index (χ3v) is 7.71. The molecule has 2 N–H and O–H groups in total. The molecule has 0 bridgehead atoms. The second kappa shape index (κ2) is 12.0. The van der Waals surface area contributed by atoms with Crippen LogP contribution in [0.3, 0.4) is 0 Å². The van der Waals surface area contributed by atoms with E-state index in [1.807, 2.05) is 48.5 Å². The van der Waals surface area contributed by atoms with Crippen LogP contribution in [0.25, 0.3) is 11.1 Å². The summed E-state index contributed by atoms with van der Waals surface area (Å²) in [6, 6.07) is 14.4. The third-order valence-electron chi connectivity index (χ3n) is 7.71. The van der Waals surface area contributed by atoms with Crippen LogP contribution in [-0.2, 0) is 19.9 Å². The van der Waals surface area contributed by atoms with E-state index >= 15 is 0 Å². The summed E-state index contributed by atoms with van der Waals surface area (Å²) >= 11 is 0. The Morgan fingerprint density at radius 3 is 2.45 bits per heavy atom. The van der Waals surface area contributed by atoms with Crippen molar-refractivity contribution >= 4 is 12.0 Å². The number of aliphatic hydroxyl groups is 1. The van der Waals surface area contributed by atoms with E-state index in [2.05, 4.69) is 11.9 Å². The third kappa shape index (κ3) is 5.87. The van der Waals surface area contributed by atoms with Gasteiger partial charge in [0.2, 0.25) is 5.91 Å². The minimum absolute atomic E-state index is 0.117. The summed E-state index contributed by atoms with van der Waals surface area (Å²) in [5.41, 5.74) is 2.64. The van der Waals surface area contributed by atoms with E-state index in [4.69, 9.17) is 14.2 Å². The maximum atomic E-state index is 13.7. The van der Waals surface area contributed by atoms with Crippen molar-refractivity contribution in [2.75, 3.05) is 27.4 Å². The number of rotatable bonds is 9. The normalized spacial score (nSPS) is 22.2. The first-order valence-corrected chi connectivity index (χ1v) is 13.1. The van der Waals surface area contributed by atoms with Crippen molar-refractivity contribution in [1.82, 2.24) is 10.2 Å². The summed E-state index contributed by atoms with van der Waals surface area (Å²) in [6.45, 7) is 5.63. The van der Waals surface area contributed by atoms with Gasteiger partial charge in [-0.2, -0.15) is 0 Å². The van der Waals surface area contributed by atoms with Crippen LogP contribution in [0, 0.1) is 0 Å². The molecule has 2 aromatic carbocycles. The van der Waals surface area contributed by atoms with Crippen molar-refractivity contribution in [2.45, 2.75) is 62.8 Å². The van der Waals surface area contributed by atoms with E-state index in [1.165, 1.54) is 0 Å². The molecule has 0 radical (unpaired) electrons. The number of nitrogens with zero attached hydrogens (tertiary/aromatic N) is 1. The van der Waals surface area contributed by atoms with Gasteiger partial charge in [-0.1, -0.05) is 43.0 Å². The number of methoxy groups -OCH3 is 2. The number of benzene rings is 2. The summed E-state index contributed by atoms with van der Waals surface area (Å²) in [6.07, 6.45) is 3.42. The molecule has 8 heteroatoms. The predicted octanol–water partition coefficient (Wildman–Crippen LogP) is 4.41. The van der Waals surface area contributed by atoms with E-state index in [0.717, 1.165) is 48.1 Å². The number of carbonyl (C=O) groups excluding carboxylic acids is 2. The number of alkyl carbamates (subject to hydrolysis) is 1. The lowest BCUT2D eigenvalue weighted by atomic mass is 9.89. The Morgan fingerprint density at radius 1 is 1.13 bits per heavy atom. The lowest BCUT2D eigenvalue weighted by Crippen LogP contribution is -2.52. The first kappa shape index (κ1) is 27.7. The smallest absolute Gasteiger partial charge is 0.408 e. The Labute approximate surface area is 224 Å². The summed E-state index contributed by atoms with van der Waals surface area (Å²) in [7, 11) is 3.26. The molecule has 1 heterocycles. The number of hydrogen-bond donors (Lipinski definition) is 2. The number of hydrogen-bond acceptors (Lipinski definition) is 6. The molecule has 1 saturated carbocycles. The molecule has 2 amide bonds. The number of nitrogens with one attached hydrogen (secondary N) is 1. The Balaban J connectivity index is 1.52. The highest BCUT2D eigenvalue weighted by atomic mass is 16.6. The Hall–Kier alpha value is -3.36. The molecule has 3 atom stereocenters. The molecule has 0 spiro atoms. The molecule has 2 aromatic rings. The molecular weight excluding hydrogens is 484 g/mol. The van der Waals surface area contributed by atoms with Gasteiger partial charge >= 0.3 is 6.09 Å². The first-order chi connectivity index (χ1) is 18.3. The summed E-state index contributed by atoms with van der Waals surface area (Å²) < 4.78 is 16.9.